The standard InChI is InChI=1S/C16H14N2O2S/c1-2-20-16(19)14-13(12-9-6-10-21-12)17-15(18-14)11-7-4-3-5-8-11/h3-10H,2H2,1H3,(H,17,18). The quantitative estimate of drug-likeness (QED) is 0.741. The molecular formula is C16H14N2O2S. The Morgan fingerprint density at radius 1 is 1.24 bits per heavy atom. The molecule has 2 aromatic heterocycles. The normalized spacial score (nSPS) is 10.5. The number of hydrogen-bond donors (Lipinski definition) is 1. The molecule has 4 nitrogen and oxygen atoms in total. The van der Waals surface area contributed by atoms with Crippen molar-refractivity contribution >= 4 is 17.3 Å². The fourth-order valence-corrected chi connectivity index (χ4v) is 2.78. The number of aromatic nitrogens is 2. The van der Waals surface area contributed by atoms with Crippen molar-refractivity contribution in [3.05, 3.63) is 53.5 Å². The second-order valence-electron chi connectivity index (χ2n) is 4.37. The number of H-pyrrole nitrogens is 1. The average molecular weight is 298 g/mol. The van der Waals surface area contributed by atoms with Crippen molar-refractivity contribution in [3.63, 3.8) is 0 Å². The van der Waals surface area contributed by atoms with Crippen LogP contribution in [0, 0.1) is 0 Å². The van der Waals surface area contributed by atoms with Crippen LogP contribution in [-0.4, -0.2) is 22.5 Å². The lowest BCUT2D eigenvalue weighted by Crippen LogP contribution is -2.06. The predicted octanol–water partition coefficient (Wildman–Crippen LogP) is 3.98. The van der Waals surface area contributed by atoms with Crippen LogP contribution >= 0.6 is 11.3 Å². The van der Waals surface area contributed by atoms with E-state index < -0.39 is 5.97 Å². The number of carbonyl (C=O) groups excluding carboxylic acids is 1. The van der Waals surface area contributed by atoms with Crippen LogP contribution in [-0.2, 0) is 4.74 Å². The van der Waals surface area contributed by atoms with Crippen molar-refractivity contribution < 1.29 is 9.53 Å². The van der Waals surface area contributed by atoms with Gasteiger partial charge < -0.3 is 9.72 Å². The minimum absolute atomic E-state index is 0.330. The van der Waals surface area contributed by atoms with Gasteiger partial charge in [-0.2, -0.15) is 0 Å². The molecule has 0 atom stereocenters. The third-order valence-electron chi connectivity index (χ3n) is 2.99. The lowest BCUT2D eigenvalue weighted by Gasteiger charge is -2.00. The molecule has 0 unspecified atom stereocenters. The Morgan fingerprint density at radius 3 is 2.71 bits per heavy atom. The number of ether oxygens (including phenoxy) is 1. The molecule has 21 heavy (non-hydrogen) atoms. The van der Waals surface area contributed by atoms with E-state index in [4.69, 9.17) is 4.74 Å². The van der Waals surface area contributed by atoms with E-state index in [1.165, 1.54) is 0 Å². The molecule has 0 bridgehead atoms. The zero-order chi connectivity index (χ0) is 14.7. The van der Waals surface area contributed by atoms with E-state index in [0.717, 1.165) is 10.4 Å². The molecule has 3 aromatic rings. The Morgan fingerprint density at radius 2 is 2.05 bits per heavy atom. The maximum atomic E-state index is 12.1. The van der Waals surface area contributed by atoms with Crippen molar-refractivity contribution in [2.45, 2.75) is 6.92 Å². The summed E-state index contributed by atoms with van der Waals surface area (Å²) in [7, 11) is 0. The minimum Gasteiger partial charge on any atom is -0.461 e. The van der Waals surface area contributed by atoms with Crippen LogP contribution in [0.2, 0.25) is 0 Å². The number of imidazole rings is 1. The molecule has 0 amide bonds. The molecule has 0 saturated carbocycles. The number of hydrogen-bond acceptors (Lipinski definition) is 4. The molecule has 0 spiro atoms. The second kappa shape index (κ2) is 5.93. The molecule has 2 heterocycles. The Balaban J connectivity index is 2.09. The zero-order valence-electron chi connectivity index (χ0n) is 11.5. The van der Waals surface area contributed by atoms with E-state index >= 15 is 0 Å². The van der Waals surface area contributed by atoms with Gasteiger partial charge in [-0.25, -0.2) is 9.78 Å². The molecule has 0 aliphatic heterocycles. The highest BCUT2D eigenvalue weighted by molar-refractivity contribution is 7.13. The van der Waals surface area contributed by atoms with Crippen molar-refractivity contribution in [2.24, 2.45) is 0 Å². The van der Waals surface area contributed by atoms with E-state index in [9.17, 15) is 4.79 Å². The Hall–Kier alpha value is -2.40. The van der Waals surface area contributed by atoms with Gasteiger partial charge in [-0.1, -0.05) is 36.4 Å². The summed E-state index contributed by atoms with van der Waals surface area (Å²) < 4.78 is 5.10. The van der Waals surface area contributed by atoms with E-state index in [-0.39, 0.29) is 0 Å². The monoisotopic (exact) mass is 298 g/mol. The summed E-state index contributed by atoms with van der Waals surface area (Å²) in [4.78, 5) is 20.7. The average Bonchev–Trinajstić information content (AvgIpc) is 3.17. The fraction of sp³-hybridized carbons (Fsp3) is 0.125. The van der Waals surface area contributed by atoms with Gasteiger partial charge in [-0.15, -0.1) is 11.3 Å². The number of benzene rings is 1. The van der Waals surface area contributed by atoms with Gasteiger partial charge in [0.2, 0.25) is 0 Å². The predicted molar refractivity (Wildman–Crippen MR) is 83.3 cm³/mol. The molecule has 1 aromatic carbocycles. The molecule has 0 fully saturated rings. The number of rotatable bonds is 4. The number of carbonyl (C=O) groups is 1. The maximum Gasteiger partial charge on any atom is 0.359 e. The van der Waals surface area contributed by atoms with Gasteiger partial charge in [0, 0.05) is 5.56 Å². The first-order chi connectivity index (χ1) is 10.3. The van der Waals surface area contributed by atoms with Crippen molar-refractivity contribution in [1.82, 2.24) is 9.97 Å². The van der Waals surface area contributed by atoms with Crippen molar-refractivity contribution in [1.29, 1.82) is 0 Å². The highest BCUT2D eigenvalue weighted by atomic mass is 32.1. The Labute approximate surface area is 126 Å². The Kier molecular flexibility index (Phi) is 3.83. The first kappa shape index (κ1) is 13.6. The molecule has 106 valence electrons. The van der Waals surface area contributed by atoms with E-state index in [1.807, 2.05) is 47.8 Å². The van der Waals surface area contributed by atoms with E-state index in [1.54, 1.807) is 18.3 Å². The highest BCUT2D eigenvalue weighted by Crippen LogP contribution is 2.29. The largest absolute Gasteiger partial charge is 0.461 e. The summed E-state index contributed by atoms with van der Waals surface area (Å²) in [6, 6.07) is 13.6. The summed E-state index contributed by atoms with van der Waals surface area (Å²) in [5.41, 5.74) is 1.98. The molecule has 0 radical (unpaired) electrons. The van der Waals surface area contributed by atoms with Crippen LogP contribution in [0.1, 0.15) is 17.4 Å². The van der Waals surface area contributed by atoms with Crippen LogP contribution < -0.4 is 0 Å². The van der Waals surface area contributed by atoms with Crippen molar-refractivity contribution in [3.8, 4) is 22.0 Å². The molecule has 0 saturated heterocycles. The number of esters is 1. The van der Waals surface area contributed by atoms with Crippen molar-refractivity contribution in [2.75, 3.05) is 6.61 Å². The maximum absolute atomic E-state index is 12.1. The lowest BCUT2D eigenvalue weighted by atomic mass is 10.2. The third kappa shape index (κ3) is 2.73. The lowest BCUT2D eigenvalue weighted by molar-refractivity contribution is 0.0521. The first-order valence-corrected chi connectivity index (χ1v) is 7.54. The summed E-state index contributed by atoms with van der Waals surface area (Å²) in [5.74, 6) is 0.265. The fourth-order valence-electron chi connectivity index (χ4n) is 2.05. The number of thiophene rings is 1. The zero-order valence-corrected chi connectivity index (χ0v) is 12.3. The van der Waals surface area contributed by atoms with Gasteiger partial charge >= 0.3 is 5.97 Å². The van der Waals surface area contributed by atoms with Gasteiger partial charge in [-0.3, -0.25) is 0 Å². The highest BCUT2D eigenvalue weighted by Gasteiger charge is 2.21. The summed E-state index contributed by atoms with van der Waals surface area (Å²) in [6.45, 7) is 2.11. The number of aromatic amines is 1. The van der Waals surface area contributed by atoms with Crippen LogP contribution in [0.15, 0.2) is 47.8 Å². The van der Waals surface area contributed by atoms with Gasteiger partial charge in [-0.05, 0) is 18.4 Å². The summed E-state index contributed by atoms with van der Waals surface area (Å²) in [6.07, 6.45) is 0. The molecule has 5 heteroatoms. The van der Waals surface area contributed by atoms with Crippen LogP contribution in [0.3, 0.4) is 0 Å². The van der Waals surface area contributed by atoms with Gasteiger partial charge in [0.25, 0.3) is 0 Å². The smallest absolute Gasteiger partial charge is 0.359 e. The van der Waals surface area contributed by atoms with E-state index in [2.05, 4.69) is 9.97 Å². The topological polar surface area (TPSA) is 55.0 Å². The van der Waals surface area contributed by atoms with Crippen LogP contribution in [0.4, 0.5) is 0 Å². The van der Waals surface area contributed by atoms with Gasteiger partial charge in [0.05, 0.1) is 17.2 Å². The molecular weight excluding hydrogens is 284 g/mol. The van der Waals surface area contributed by atoms with Crippen LogP contribution in [0.5, 0.6) is 0 Å². The SMILES string of the molecule is CCOC(=O)c1nc(-c2ccccc2)[nH]c1-c1cccs1. The molecule has 3 rings (SSSR count). The number of nitrogens with zero attached hydrogens (tertiary/aromatic N) is 1. The molecule has 1 N–H and O–H groups in total. The molecule has 0 aliphatic rings. The number of nitrogens with one attached hydrogen (secondary N) is 1. The minimum atomic E-state index is -0.403. The Bertz CT molecular complexity index is 733. The van der Waals surface area contributed by atoms with E-state index in [0.29, 0.717) is 23.8 Å². The van der Waals surface area contributed by atoms with Crippen LogP contribution in [0.25, 0.3) is 22.0 Å². The summed E-state index contributed by atoms with van der Waals surface area (Å²) in [5, 5.41) is 1.97. The first-order valence-electron chi connectivity index (χ1n) is 6.66. The third-order valence-corrected chi connectivity index (χ3v) is 3.87. The second-order valence-corrected chi connectivity index (χ2v) is 5.32. The summed E-state index contributed by atoms with van der Waals surface area (Å²) >= 11 is 1.56. The molecule has 0 aliphatic carbocycles. The van der Waals surface area contributed by atoms with Gasteiger partial charge in [0.1, 0.15) is 5.82 Å². The van der Waals surface area contributed by atoms with Gasteiger partial charge in [0.15, 0.2) is 5.69 Å².